The standard InChI is InChI=1S/C11H16ClN3OS/c12-11-14-5-9(17-11)6-15(7-10(13)16)8-3-1-2-4-8/h5,8H,1-4,6-7H2,(H2,13,16). The van der Waals surface area contributed by atoms with Gasteiger partial charge >= 0.3 is 0 Å². The van der Waals surface area contributed by atoms with Gasteiger partial charge in [0.2, 0.25) is 5.91 Å². The second kappa shape index (κ2) is 5.80. The summed E-state index contributed by atoms with van der Waals surface area (Å²) in [6, 6.07) is 0.475. The molecule has 1 aromatic heterocycles. The van der Waals surface area contributed by atoms with Gasteiger partial charge in [0.25, 0.3) is 0 Å². The van der Waals surface area contributed by atoms with Crippen LogP contribution >= 0.6 is 22.9 Å². The van der Waals surface area contributed by atoms with Crippen molar-refractivity contribution in [3.63, 3.8) is 0 Å². The van der Waals surface area contributed by atoms with Crippen LogP contribution in [0.2, 0.25) is 4.47 Å². The van der Waals surface area contributed by atoms with Gasteiger partial charge < -0.3 is 5.73 Å². The number of rotatable bonds is 5. The van der Waals surface area contributed by atoms with E-state index in [-0.39, 0.29) is 5.91 Å². The maximum atomic E-state index is 11.1. The van der Waals surface area contributed by atoms with Crippen molar-refractivity contribution in [2.75, 3.05) is 6.54 Å². The van der Waals surface area contributed by atoms with Gasteiger partial charge in [-0.2, -0.15) is 0 Å². The van der Waals surface area contributed by atoms with E-state index in [4.69, 9.17) is 17.3 Å². The molecule has 0 aliphatic heterocycles. The molecule has 0 bridgehead atoms. The topological polar surface area (TPSA) is 59.2 Å². The minimum absolute atomic E-state index is 0.271. The Bertz CT molecular complexity index is 390. The molecule has 0 atom stereocenters. The first-order valence-electron chi connectivity index (χ1n) is 5.77. The van der Waals surface area contributed by atoms with Gasteiger partial charge in [0.1, 0.15) is 0 Å². The van der Waals surface area contributed by atoms with Crippen LogP contribution in [-0.2, 0) is 11.3 Å². The van der Waals surface area contributed by atoms with E-state index >= 15 is 0 Å². The summed E-state index contributed by atoms with van der Waals surface area (Å²) in [5.41, 5.74) is 5.30. The van der Waals surface area contributed by atoms with Crippen LogP contribution in [0.5, 0.6) is 0 Å². The molecule has 0 aromatic carbocycles. The van der Waals surface area contributed by atoms with Crippen molar-refractivity contribution in [3.8, 4) is 0 Å². The average Bonchev–Trinajstić information content (AvgIpc) is 2.87. The number of halogens is 1. The van der Waals surface area contributed by atoms with Crippen molar-refractivity contribution in [3.05, 3.63) is 15.5 Å². The number of amides is 1. The lowest BCUT2D eigenvalue weighted by atomic mass is 10.2. The molecule has 17 heavy (non-hydrogen) atoms. The van der Waals surface area contributed by atoms with Gasteiger partial charge in [-0.15, -0.1) is 11.3 Å². The van der Waals surface area contributed by atoms with Crippen LogP contribution in [0.1, 0.15) is 30.6 Å². The van der Waals surface area contributed by atoms with E-state index in [2.05, 4.69) is 9.88 Å². The Labute approximate surface area is 110 Å². The average molecular weight is 274 g/mol. The molecule has 4 nitrogen and oxygen atoms in total. The van der Waals surface area contributed by atoms with Crippen molar-refractivity contribution in [2.45, 2.75) is 38.3 Å². The SMILES string of the molecule is NC(=O)CN(Cc1cnc(Cl)s1)C1CCCC1. The molecule has 0 radical (unpaired) electrons. The fraction of sp³-hybridized carbons (Fsp3) is 0.636. The molecule has 0 saturated heterocycles. The summed E-state index contributed by atoms with van der Waals surface area (Å²) in [6.45, 7) is 1.04. The second-order valence-electron chi connectivity index (χ2n) is 4.39. The molecule has 94 valence electrons. The van der Waals surface area contributed by atoms with Crippen molar-refractivity contribution in [2.24, 2.45) is 5.73 Å². The minimum atomic E-state index is -0.271. The zero-order valence-electron chi connectivity index (χ0n) is 9.56. The van der Waals surface area contributed by atoms with E-state index in [0.717, 1.165) is 24.3 Å². The highest BCUT2D eigenvalue weighted by Crippen LogP contribution is 2.26. The van der Waals surface area contributed by atoms with E-state index in [0.29, 0.717) is 17.1 Å². The summed E-state index contributed by atoms with van der Waals surface area (Å²) < 4.78 is 0.547. The number of thiazole rings is 1. The summed E-state index contributed by atoms with van der Waals surface area (Å²) in [7, 11) is 0. The molecule has 6 heteroatoms. The number of carbonyl (C=O) groups is 1. The van der Waals surface area contributed by atoms with Crippen molar-refractivity contribution >= 4 is 28.8 Å². The molecule has 1 aliphatic rings. The van der Waals surface area contributed by atoms with Crippen LogP contribution in [0.25, 0.3) is 0 Å². The first kappa shape index (κ1) is 12.8. The van der Waals surface area contributed by atoms with Crippen molar-refractivity contribution in [1.82, 2.24) is 9.88 Å². The highest BCUT2D eigenvalue weighted by atomic mass is 35.5. The smallest absolute Gasteiger partial charge is 0.231 e. The second-order valence-corrected chi connectivity index (χ2v) is 6.09. The summed E-state index contributed by atoms with van der Waals surface area (Å²) in [4.78, 5) is 18.4. The third kappa shape index (κ3) is 3.66. The zero-order chi connectivity index (χ0) is 12.3. The van der Waals surface area contributed by atoms with Gasteiger partial charge in [-0.25, -0.2) is 4.98 Å². The Balaban J connectivity index is 2.01. The fourth-order valence-corrected chi connectivity index (χ4v) is 3.34. The number of aromatic nitrogens is 1. The maximum Gasteiger partial charge on any atom is 0.231 e. The van der Waals surface area contributed by atoms with Crippen LogP contribution in [0.15, 0.2) is 6.20 Å². The summed E-state index contributed by atoms with van der Waals surface area (Å²) >= 11 is 7.27. The van der Waals surface area contributed by atoms with E-state index in [1.165, 1.54) is 24.2 Å². The molecule has 2 N–H and O–H groups in total. The van der Waals surface area contributed by atoms with Crippen LogP contribution in [-0.4, -0.2) is 28.4 Å². The molecule has 1 saturated carbocycles. The first-order chi connectivity index (χ1) is 8.15. The lowest BCUT2D eigenvalue weighted by Crippen LogP contribution is -2.39. The third-order valence-corrected chi connectivity index (χ3v) is 4.18. The highest BCUT2D eigenvalue weighted by molar-refractivity contribution is 7.15. The molecular weight excluding hydrogens is 258 g/mol. The third-order valence-electron chi connectivity index (χ3n) is 3.08. The number of carbonyl (C=O) groups excluding carboxylic acids is 1. The van der Waals surface area contributed by atoms with Crippen LogP contribution in [0, 0.1) is 0 Å². The van der Waals surface area contributed by atoms with E-state index < -0.39 is 0 Å². The molecule has 1 heterocycles. The summed E-state index contributed by atoms with van der Waals surface area (Å²) in [6.07, 6.45) is 6.56. The molecule has 0 spiro atoms. The fourth-order valence-electron chi connectivity index (χ4n) is 2.34. The monoisotopic (exact) mass is 273 g/mol. The first-order valence-corrected chi connectivity index (χ1v) is 6.97. The quantitative estimate of drug-likeness (QED) is 0.893. The summed E-state index contributed by atoms with van der Waals surface area (Å²) in [5.74, 6) is -0.271. The lowest BCUT2D eigenvalue weighted by molar-refractivity contribution is -0.119. The number of hydrogen-bond donors (Lipinski definition) is 1. The Morgan fingerprint density at radius 2 is 2.29 bits per heavy atom. The number of nitrogens with zero attached hydrogens (tertiary/aromatic N) is 2. The van der Waals surface area contributed by atoms with Crippen molar-refractivity contribution < 1.29 is 4.79 Å². The minimum Gasteiger partial charge on any atom is -0.369 e. The lowest BCUT2D eigenvalue weighted by Gasteiger charge is -2.26. The van der Waals surface area contributed by atoms with Gasteiger partial charge in [0.15, 0.2) is 4.47 Å². The van der Waals surface area contributed by atoms with Gasteiger partial charge in [0, 0.05) is 23.7 Å². The Morgan fingerprint density at radius 3 is 2.82 bits per heavy atom. The van der Waals surface area contributed by atoms with Gasteiger partial charge in [0.05, 0.1) is 6.54 Å². The van der Waals surface area contributed by atoms with Gasteiger partial charge in [-0.05, 0) is 12.8 Å². The van der Waals surface area contributed by atoms with Crippen LogP contribution < -0.4 is 5.73 Å². The van der Waals surface area contributed by atoms with Crippen LogP contribution in [0.3, 0.4) is 0 Å². The molecule has 0 unspecified atom stereocenters. The normalized spacial score (nSPS) is 16.8. The number of nitrogens with two attached hydrogens (primary N) is 1. The molecule has 1 amide bonds. The Morgan fingerprint density at radius 1 is 1.59 bits per heavy atom. The van der Waals surface area contributed by atoms with Gasteiger partial charge in [-0.3, -0.25) is 9.69 Å². The molecule has 2 rings (SSSR count). The zero-order valence-corrected chi connectivity index (χ0v) is 11.1. The largest absolute Gasteiger partial charge is 0.369 e. The Kier molecular flexibility index (Phi) is 4.36. The van der Waals surface area contributed by atoms with E-state index in [1.54, 1.807) is 6.20 Å². The summed E-state index contributed by atoms with van der Waals surface area (Å²) in [5, 5.41) is 0. The predicted molar refractivity (Wildman–Crippen MR) is 69.0 cm³/mol. The highest BCUT2D eigenvalue weighted by Gasteiger charge is 2.24. The predicted octanol–water partition coefficient (Wildman–Crippen LogP) is 2.03. The molecular formula is C11H16ClN3OS. The maximum absolute atomic E-state index is 11.1. The number of primary amides is 1. The molecule has 1 aromatic rings. The van der Waals surface area contributed by atoms with Crippen LogP contribution in [0.4, 0.5) is 0 Å². The molecule has 1 fully saturated rings. The Hall–Kier alpha value is -0.650. The van der Waals surface area contributed by atoms with Crippen molar-refractivity contribution in [1.29, 1.82) is 0 Å². The van der Waals surface area contributed by atoms with E-state index in [9.17, 15) is 4.79 Å². The number of hydrogen-bond acceptors (Lipinski definition) is 4. The van der Waals surface area contributed by atoms with E-state index in [1.807, 2.05) is 0 Å². The van der Waals surface area contributed by atoms with Gasteiger partial charge in [-0.1, -0.05) is 24.4 Å². The molecule has 1 aliphatic carbocycles.